The van der Waals surface area contributed by atoms with Crippen LogP contribution in [0.25, 0.3) is 0 Å². The molecule has 0 amide bonds. The van der Waals surface area contributed by atoms with Gasteiger partial charge in [0.15, 0.2) is 0 Å². The van der Waals surface area contributed by atoms with Crippen LogP contribution < -0.4 is 0 Å². The van der Waals surface area contributed by atoms with Crippen molar-refractivity contribution in [3.8, 4) is 0 Å². The molecule has 0 bridgehead atoms. The highest BCUT2D eigenvalue weighted by Gasteiger charge is 2.08. The largest absolute Gasteiger partial charge is 0.395 e. The van der Waals surface area contributed by atoms with E-state index in [9.17, 15) is 0 Å². The van der Waals surface area contributed by atoms with Crippen LogP contribution in [0.5, 0.6) is 0 Å². The van der Waals surface area contributed by atoms with Crippen molar-refractivity contribution in [2.45, 2.75) is 6.54 Å². The Bertz CT molecular complexity index is 265. The van der Waals surface area contributed by atoms with E-state index in [1.54, 1.807) is 0 Å². The van der Waals surface area contributed by atoms with Crippen molar-refractivity contribution in [1.82, 2.24) is 15.1 Å². The molecule has 1 aromatic rings. The molecule has 0 radical (unpaired) electrons. The number of hydrogen-bond acceptors (Lipinski definition) is 6. The average Bonchev–Trinajstić information content (AvgIpc) is 2.52. The average molecular weight is 238 g/mol. The highest BCUT2D eigenvalue weighted by atomic mass is 35.5. The molecule has 80 valence electrons. The van der Waals surface area contributed by atoms with E-state index in [2.05, 4.69) is 10.2 Å². The van der Waals surface area contributed by atoms with Gasteiger partial charge in [0, 0.05) is 13.1 Å². The van der Waals surface area contributed by atoms with Crippen molar-refractivity contribution in [2.75, 3.05) is 26.3 Å². The van der Waals surface area contributed by atoms with Crippen LogP contribution in [0.1, 0.15) is 5.01 Å². The van der Waals surface area contributed by atoms with E-state index in [4.69, 9.17) is 21.8 Å². The lowest BCUT2D eigenvalue weighted by atomic mass is 10.4. The van der Waals surface area contributed by atoms with E-state index >= 15 is 0 Å². The van der Waals surface area contributed by atoms with Gasteiger partial charge in [0.1, 0.15) is 5.01 Å². The first-order valence-electron chi connectivity index (χ1n) is 4.18. The molecule has 1 rings (SSSR count). The van der Waals surface area contributed by atoms with Crippen LogP contribution in [0.4, 0.5) is 0 Å². The monoisotopic (exact) mass is 237 g/mol. The lowest BCUT2D eigenvalue weighted by Crippen LogP contribution is -2.29. The highest BCUT2D eigenvalue weighted by Crippen LogP contribution is 2.16. The standard InChI is InChI=1S/C7H12ClN3O2S/c8-7-10-9-6(14-7)5-11(1-3-12)2-4-13/h12-13H,1-5H2. The van der Waals surface area contributed by atoms with Gasteiger partial charge in [-0.2, -0.15) is 0 Å². The molecule has 0 saturated heterocycles. The molecule has 1 aromatic heterocycles. The van der Waals surface area contributed by atoms with Gasteiger partial charge in [-0.1, -0.05) is 11.3 Å². The van der Waals surface area contributed by atoms with Crippen molar-refractivity contribution < 1.29 is 10.2 Å². The van der Waals surface area contributed by atoms with E-state index in [0.29, 0.717) is 24.1 Å². The summed E-state index contributed by atoms with van der Waals surface area (Å²) in [6, 6.07) is 0. The predicted molar refractivity (Wildman–Crippen MR) is 54.4 cm³/mol. The van der Waals surface area contributed by atoms with Gasteiger partial charge in [0.05, 0.1) is 19.8 Å². The van der Waals surface area contributed by atoms with E-state index in [0.717, 1.165) is 5.01 Å². The first-order valence-corrected chi connectivity index (χ1v) is 5.37. The zero-order valence-electron chi connectivity index (χ0n) is 7.56. The summed E-state index contributed by atoms with van der Waals surface area (Å²) < 4.78 is 0.410. The fraction of sp³-hybridized carbons (Fsp3) is 0.714. The Morgan fingerprint density at radius 3 is 2.29 bits per heavy atom. The number of aliphatic hydroxyl groups excluding tert-OH is 2. The van der Waals surface area contributed by atoms with Gasteiger partial charge in [0.25, 0.3) is 0 Å². The summed E-state index contributed by atoms with van der Waals surface area (Å²) >= 11 is 6.93. The summed E-state index contributed by atoms with van der Waals surface area (Å²) in [4.78, 5) is 1.89. The van der Waals surface area contributed by atoms with Gasteiger partial charge in [-0.25, -0.2) is 0 Å². The van der Waals surface area contributed by atoms with Gasteiger partial charge in [-0.3, -0.25) is 4.90 Å². The molecule has 0 spiro atoms. The molecule has 14 heavy (non-hydrogen) atoms. The third kappa shape index (κ3) is 3.85. The Hall–Kier alpha value is -0.270. The van der Waals surface area contributed by atoms with Crippen LogP contribution >= 0.6 is 22.9 Å². The Labute approximate surface area is 91.0 Å². The molecule has 0 atom stereocenters. The van der Waals surface area contributed by atoms with Crippen LogP contribution in [-0.4, -0.2) is 51.6 Å². The zero-order valence-corrected chi connectivity index (χ0v) is 9.13. The fourth-order valence-corrected chi connectivity index (χ4v) is 1.95. The molecule has 2 N–H and O–H groups in total. The van der Waals surface area contributed by atoms with Crippen LogP contribution in [0.2, 0.25) is 4.47 Å². The Balaban J connectivity index is 2.46. The van der Waals surface area contributed by atoms with Crippen molar-refractivity contribution in [3.05, 3.63) is 9.47 Å². The molecule has 5 nitrogen and oxygen atoms in total. The number of rotatable bonds is 6. The SMILES string of the molecule is OCCN(CCO)Cc1nnc(Cl)s1. The first kappa shape index (κ1) is 11.8. The van der Waals surface area contributed by atoms with Crippen LogP contribution in [-0.2, 0) is 6.54 Å². The Morgan fingerprint density at radius 2 is 1.86 bits per heavy atom. The smallest absolute Gasteiger partial charge is 0.207 e. The van der Waals surface area contributed by atoms with Gasteiger partial charge in [-0.05, 0) is 11.6 Å². The lowest BCUT2D eigenvalue weighted by Gasteiger charge is -2.17. The second-order valence-corrected chi connectivity index (χ2v) is 4.32. The van der Waals surface area contributed by atoms with E-state index in [-0.39, 0.29) is 13.2 Å². The van der Waals surface area contributed by atoms with Gasteiger partial charge >= 0.3 is 0 Å². The second-order valence-electron chi connectivity index (χ2n) is 2.67. The predicted octanol–water partition coefficient (Wildman–Crippen LogP) is -0.0219. The third-order valence-corrected chi connectivity index (χ3v) is 2.64. The topological polar surface area (TPSA) is 69.5 Å². The lowest BCUT2D eigenvalue weighted by molar-refractivity contribution is 0.155. The molecule has 0 aliphatic carbocycles. The van der Waals surface area contributed by atoms with Crippen molar-refractivity contribution in [2.24, 2.45) is 0 Å². The molecule has 0 fully saturated rings. The number of halogens is 1. The van der Waals surface area contributed by atoms with Gasteiger partial charge in [-0.15, -0.1) is 10.2 Å². The minimum Gasteiger partial charge on any atom is -0.395 e. The molecule has 0 aromatic carbocycles. The Morgan fingerprint density at radius 1 is 1.21 bits per heavy atom. The summed E-state index contributed by atoms with van der Waals surface area (Å²) in [6.45, 7) is 1.71. The molecule has 0 unspecified atom stereocenters. The molecule has 1 heterocycles. The second kappa shape index (κ2) is 6.26. The van der Waals surface area contributed by atoms with Crippen LogP contribution in [0.3, 0.4) is 0 Å². The highest BCUT2D eigenvalue weighted by molar-refractivity contribution is 7.15. The maximum absolute atomic E-state index is 8.76. The third-order valence-electron chi connectivity index (χ3n) is 1.63. The van der Waals surface area contributed by atoms with Crippen molar-refractivity contribution in [1.29, 1.82) is 0 Å². The summed E-state index contributed by atoms with van der Waals surface area (Å²) in [5.74, 6) is 0. The number of aromatic nitrogens is 2. The van der Waals surface area contributed by atoms with Gasteiger partial charge in [0.2, 0.25) is 4.47 Å². The van der Waals surface area contributed by atoms with E-state index in [1.165, 1.54) is 11.3 Å². The van der Waals surface area contributed by atoms with Crippen molar-refractivity contribution in [3.63, 3.8) is 0 Å². The number of hydrogen-bond donors (Lipinski definition) is 2. The minimum absolute atomic E-state index is 0.0620. The molecule has 7 heteroatoms. The Kier molecular flexibility index (Phi) is 5.28. The maximum Gasteiger partial charge on any atom is 0.207 e. The maximum atomic E-state index is 8.76. The molecular weight excluding hydrogens is 226 g/mol. The van der Waals surface area contributed by atoms with E-state index in [1.807, 2.05) is 4.90 Å². The van der Waals surface area contributed by atoms with Crippen LogP contribution in [0, 0.1) is 0 Å². The summed E-state index contributed by atoms with van der Waals surface area (Å²) in [6.07, 6.45) is 0. The zero-order chi connectivity index (χ0) is 10.4. The molecule has 0 aliphatic heterocycles. The number of nitrogens with zero attached hydrogens (tertiary/aromatic N) is 3. The molecule has 0 aliphatic rings. The van der Waals surface area contributed by atoms with E-state index < -0.39 is 0 Å². The normalized spacial score (nSPS) is 11.1. The van der Waals surface area contributed by atoms with Crippen molar-refractivity contribution >= 4 is 22.9 Å². The number of aliphatic hydroxyl groups is 2. The molecular formula is C7H12ClN3O2S. The summed E-state index contributed by atoms with van der Waals surface area (Å²) in [5.41, 5.74) is 0. The fourth-order valence-electron chi connectivity index (χ4n) is 1.04. The first-order chi connectivity index (χ1) is 6.76. The quantitative estimate of drug-likeness (QED) is 0.728. The minimum atomic E-state index is 0.0620. The van der Waals surface area contributed by atoms with Crippen LogP contribution in [0.15, 0.2) is 0 Å². The summed E-state index contributed by atoms with van der Waals surface area (Å²) in [5, 5.41) is 25.8. The summed E-state index contributed by atoms with van der Waals surface area (Å²) in [7, 11) is 0. The van der Waals surface area contributed by atoms with Gasteiger partial charge < -0.3 is 10.2 Å². The molecule has 0 saturated carbocycles.